The molecule has 178 valence electrons. The van der Waals surface area contributed by atoms with Crippen LogP contribution in [0.1, 0.15) is 43.4 Å². The monoisotopic (exact) mass is 507 g/mol. The number of H-pyrrole nitrogens is 1. The molecule has 0 aliphatic carbocycles. The van der Waals surface area contributed by atoms with Crippen molar-refractivity contribution >= 4 is 40.1 Å². The first kappa shape index (κ1) is 22.7. The molecule has 1 aliphatic heterocycles. The van der Waals surface area contributed by atoms with Gasteiger partial charge in [-0.15, -0.1) is 0 Å². The van der Waals surface area contributed by atoms with Crippen LogP contribution in [-0.4, -0.2) is 27.2 Å². The lowest BCUT2D eigenvalue weighted by Gasteiger charge is -2.18. The van der Waals surface area contributed by atoms with E-state index in [0.29, 0.717) is 12.1 Å². The summed E-state index contributed by atoms with van der Waals surface area (Å²) in [4.78, 5) is 25.7. The standard InChI is InChI=1S/C22H11ClF5N5O2/c23-13-2-1-10(24)6-12(13)18-16-14(7-15-19(32-33-31-15)17(16)21(35)30-18)29-20(34)8-3-9(22(26,27)28)5-11(25)4-8/h1-7,18H,(H,29,34)(H,30,35)(H,31,32,33). The smallest absolute Gasteiger partial charge is 0.341 e. The minimum atomic E-state index is -4.88. The summed E-state index contributed by atoms with van der Waals surface area (Å²) in [6.07, 6.45) is -4.88. The van der Waals surface area contributed by atoms with E-state index < -0.39 is 46.8 Å². The second kappa shape index (κ2) is 8.01. The first-order valence-electron chi connectivity index (χ1n) is 9.85. The first-order valence-corrected chi connectivity index (χ1v) is 10.2. The fourth-order valence-electron chi connectivity index (χ4n) is 3.96. The van der Waals surface area contributed by atoms with E-state index in [-0.39, 0.29) is 44.5 Å². The van der Waals surface area contributed by atoms with Crippen molar-refractivity contribution in [2.45, 2.75) is 12.2 Å². The Hall–Kier alpha value is -4.06. The zero-order valence-electron chi connectivity index (χ0n) is 17.1. The molecule has 1 aromatic heterocycles. The molecular weight excluding hydrogens is 497 g/mol. The number of hydrogen-bond acceptors (Lipinski definition) is 4. The summed E-state index contributed by atoms with van der Waals surface area (Å²) < 4.78 is 67.1. The molecule has 1 atom stereocenters. The third-order valence-electron chi connectivity index (χ3n) is 5.45. The van der Waals surface area contributed by atoms with Gasteiger partial charge in [0.2, 0.25) is 0 Å². The van der Waals surface area contributed by atoms with Gasteiger partial charge in [0.1, 0.15) is 22.7 Å². The largest absolute Gasteiger partial charge is 0.416 e. The lowest BCUT2D eigenvalue weighted by Crippen LogP contribution is -2.21. The van der Waals surface area contributed by atoms with Crippen LogP contribution in [-0.2, 0) is 6.18 Å². The van der Waals surface area contributed by atoms with Crippen molar-refractivity contribution in [3.8, 4) is 0 Å². The molecule has 1 unspecified atom stereocenters. The van der Waals surface area contributed by atoms with Gasteiger partial charge >= 0.3 is 6.18 Å². The molecule has 35 heavy (non-hydrogen) atoms. The van der Waals surface area contributed by atoms with Crippen molar-refractivity contribution in [1.29, 1.82) is 0 Å². The fraction of sp³-hybridized carbons (Fsp3) is 0.0909. The number of anilines is 1. The number of halogens is 6. The average Bonchev–Trinajstić information content (AvgIpc) is 3.38. The minimum absolute atomic E-state index is 0.00657. The Labute approximate surface area is 197 Å². The molecule has 2 amide bonds. The van der Waals surface area contributed by atoms with Crippen LogP contribution in [0.15, 0.2) is 42.5 Å². The molecule has 2 heterocycles. The molecular formula is C22H11ClF5N5O2. The number of aromatic amines is 1. The van der Waals surface area contributed by atoms with Crippen LogP contribution in [0.5, 0.6) is 0 Å². The third-order valence-corrected chi connectivity index (χ3v) is 5.79. The van der Waals surface area contributed by atoms with Gasteiger partial charge < -0.3 is 10.6 Å². The zero-order chi connectivity index (χ0) is 25.1. The Morgan fingerprint density at radius 3 is 2.54 bits per heavy atom. The van der Waals surface area contributed by atoms with Crippen molar-refractivity contribution in [2.24, 2.45) is 0 Å². The molecule has 13 heteroatoms. The molecule has 0 spiro atoms. The summed E-state index contributed by atoms with van der Waals surface area (Å²) in [7, 11) is 0. The van der Waals surface area contributed by atoms with Gasteiger partial charge in [0.15, 0.2) is 0 Å². The SMILES string of the molecule is O=C(Nc1cc2n[nH]nc2c2c1C(c1cc(F)ccc1Cl)NC2=O)c1cc(F)cc(C(F)(F)F)c1. The summed E-state index contributed by atoms with van der Waals surface area (Å²) in [6.45, 7) is 0. The number of carbonyl (C=O) groups excluding carboxylic acids is 2. The van der Waals surface area contributed by atoms with Crippen LogP contribution in [0.3, 0.4) is 0 Å². The third kappa shape index (κ3) is 3.95. The number of carbonyl (C=O) groups is 2. The van der Waals surface area contributed by atoms with Crippen molar-refractivity contribution in [3.63, 3.8) is 0 Å². The number of amides is 2. The summed E-state index contributed by atoms with van der Waals surface area (Å²) in [5, 5.41) is 15.4. The molecule has 0 saturated carbocycles. The second-order valence-corrected chi connectivity index (χ2v) is 8.06. The molecule has 0 radical (unpaired) electrons. The first-order chi connectivity index (χ1) is 16.5. The number of alkyl halides is 3. The van der Waals surface area contributed by atoms with Gasteiger partial charge in [-0.3, -0.25) is 9.59 Å². The highest BCUT2D eigenvalue weighted by Gasteiger charge is 2.37. The van der Waals surface area contributed by atoms with Crippen molar-refractivity contribution in [2.75, 3.05) is 5.32 Å². The highest BCUT2D eigenvalue weighted by Crippen LogP contribution is 2.42. The summed E-state index contributed by atoms with van der Waals surface area (Å²) in [6, 6.07) is 5.21. The maximum Gasteiger partial charge on any atom is 0.416 e. The van der Waals surface area contributed by atoms with Gasteiger partial charge in [0, 0.05) is 27.4 Å². The van der Waals surface area contributed by atoms with Crippen LogP contribution in [0.25, 0.3) is 11.0 Å². The topological polar surface area (TPSA) is 99.8 Å². The van der Waals surface area contributed by atoms with Gasteiger partial charge in [0.05, 0.1) is 17.2 Å². The lowest BCUT2D eigenvalue weighted by atomic mass is 9.95. The van der Waals surface area contributed by atoms with Gasteiger partial charge in [-0.2, -0.15) is 28.6 Å². The number of fused-ring (bicyclic) bond motifs is 3. The molecule has 5 rings (SSSR count). The van der Waals surface area contributed by atoms with E-state index >= 15 is 0 Å². The Kier molecular flexibility index (Phi) is 5.20. The van der Waals surface area contributed by atoms with Gasteiger partial charge in [0.25, 0.3) is 11.8 Å². The number of nitrogens with one attached hydrogen (secondary N) is 3. The Balaban J connectivity index is 1.65. The van der Waals surface area contributed by atoms with E-state index in [1.54, 1.807) is 0 Å². The van der Waals surface area contributed by atoms with E-state index in [2.05, 4.69) is 26.0 Å². The average molecular weight is 508 g/mol. The van der Waals surface area contributed by atoms with Crippen LogP contribution < -0.4 is 10.6 Å². The minimum Gasteiger partial charge on any atom is -0.341 e. The number of benzene rings is 3. The molecule has 3 aromatic carbocycles. The van der Waals surface area contributed by atoms with Crippen LogP contribution in [0.4, 0.5) is 27.6 Å². The van der Waals surface area contributed by atoms with Gasteiger partial charge in [-0.25, -0.2) is 8.78 Å². The van der Waals surface area contributed by atoms with E-state index in [1.807, 2.05) is 0 Å². The van der Waals surface area contributed by atoms with E-state index in [9.17, 15) is 31.5 Å². The summed E-state index contributed by atoms with van der Waals surface area (Å²) in [5.74, 6) is -3.60. The van der Waals surface area contributed by atoms with Gasteiger partial charge in [-0.1, -0.05) is 11.6 Å². The van der Waals surface area contributed by atoms with Crippen molar-refractivity contribution < 1.29 is 31.5 Å². The quantitative estimate of drug-likeness (QED) is 0.340. The van der Waals surface area contributed by atoms with E-state index in [1.165, 1.54) is 12.1 Å². The maximum atomic E-state index is 14.0. The van der Waals surface area contributed by atoms with Crippen LogP contribution >= 0.6 is 11.6 Å². The molecule has 0 bridgehead atoms. The molecule has 1 aliphatic rings. The van der Waals surface area contributed by atoms with E-state index in [4.69, 9.17) is 11.6 Å². The number of rotatable bonds is 3. The molecule has 0 saturated heterocycles. The van der Waals surface area contributed by atoms with Gasteiger partial charge in [-0.05, 0) is 42.5 Å². The van der Waals surface area contributed by atoms with Crippen LogP contribution in [0, 0.1) is 11.6 Å². The number of nitrogens with zero attached hydrogens (tertiary/aromatic N) is 2. The number of hydrogen-bond donors (Lipinski definition) is 3. The molecule has 3 N–H and O–H groups in total. The predicted molar refractivity (Wildman–Crippen MR) is 114 cm³/mol. The normalized spacial score (nSPS) is 15.3. The molecule has 7 nitrogen and oxygen atoms in total. The Bertz CT molecular complexity index is 1530. The van der Waals surface area contributed by atoms with Crippen molar-refractivity contribution in [1.82, 2.24) is 20.7 Å². The Morgan fingerprint density at radius 1 is 1.03 bits per heavy atom. The second-order valence-electron chi connectivity index (χ2n) is 7.66. The zero-order valence-corrected chi connectivity index (χ0v) is 17.9. The highest BCUT2D eigenvalue weighted by atomic mass is 35.5. The predicted octanol–water partition coefficient (Wildman–Crippen LogP) is 4.99. The maximum absolute atomic E-state index is 14.0. The van der Waals surface area contributed by atoms with E-state index in [0.717, 1.165) is 12.1 Å². The molecule has 0 fully saturated rings. The summed E-state index contributed by atoms with van der Waals surface area (Å²) in [5.41, 5.74) is -1.36. The Morgan fingerprint density at radius 2 is 1.80 bits per heavy atom. The highest BCUT2D eigenvalue weighted by molar-refractivity contribution is 6.31. The fourth-order valence-corrected chi connectivity index (χ4v) is 4.18. The lowest BCUT2D eigenvalue weighted by molar-refractivity contribution is -0.137. The van der Waals surface area contributed by atoms with Crippen LogP contribution in [0.2, 0.25) is 5.02 Å². The molecule has 4 aromatic rings. The van der Waals surface area contributed by atoms with Crippen molar-refractivity contribution in [3.05, 3.63) is 86.9 Å². The number of aromatic nitrogens is 3. The summed E-state index contributed by atoms with van der Waals surface area (Å²) >= 11 is 6.23.